The molecule has 34 heavy (non-hydrogen) atoms. The molecule has 1 fully saturated rings. The zero-order valence-electron chi connectivity index (χ0n) is 18.7. The molecule has 8 nitrogen and oxygen atoms in total. The van der Waals surface area contributed by atoms with Crippen LogP contribution in [0.25, 0.3) is 0 Å². The van der Waals surface area contributed by atoms with Gasteiger partial charge in [0.05, 0.1) is 12.0 Å². The van der Waals surface area contributed by atoms with Gasteiger partial charge in [-0.1, -0.05) is 6.07 Å². The number of benzene rings is 2. The van der Waals surface area contributed by atoms with Crippen LogP contribution in [-0.2, 0) is 16.6 Å². The summed E-state index contributed by atoms with van der Waals surface area (Å²) >= 11 is 0. The van der Waals surface area contributed by atoms with E-state index in [4.69, 9.17) is 4.74 Å². The fourth-order valence-electron chi connectivity index (χ4n) is 4.85. The third-order valence-electron chi connectivity index (χ3n) is 6.55. The third kappa shape index (κ3) is 4.12. The van der Waals surface area contributed by atoms with Crippen molar-refractivity contribution < 1.29 is 17.9 Å². The van der Waals surface area contributed by atoms with Crippen molar-refractivity contribution in [2.24, 2.45) is 5.92 Å². The van der Waals surface area contributed by atoms with Gasteiger partial charge in [0.25, 0.3) is 11.5 Å². The van der Waals surface area contributed by atoms with Gasteiger partial charge in [-0.15, -0.1) is 0 Å². The first-order valence-corrected chi connectivity index (χ1v) is 12.5. The first-order valence-electron chi connectivity index (χ1n) is 11.1. The molecule has 2 aromatic carbocycles. The van der Waals surface area contributed by atoms with Crippen molar-refractivity contribution in [1.29, 1.82) is 0 Å². The number of anilines is 1. The summed E-state index contributed by atoms with van der Waals surface area (Å²) in [6.45, 7) is 1.27. The third-order valence-corrected chi connectivity index (χ3v) is 8.39. The van der Waals surface area contributed by atoms with Gasteiger partial charge in [-0.25, -0.2) is 8.42 Å². The molecule has 3 aromatic rings. The lowest BCUT2D eigenvalue weighted by Crippen LogP contribution is -2.48. The van der Waals surface area contributed by atoms with Gasteiger partial charge in [-0.05, 0) is 66.9 Å². The molecule has 1 saturated heterocycles. The van der Waals surface area contributed by atoms with E-state index in [1.807, 2.05) is 6.07 Å². The first kappa shape index (κ1) is 22.4. The quantitative estimate of drug-likeness (QED) is 0.607. The van der Waals surface area contributed by atoms with Crippen LogP contribution in [0.1, 0.15) is 28.4 Å². The van der Waals surface area contributed by atoms with Crippen LogP contribution in [0.4, 0.5) is 5.69 Å². The van der Waals surface area contributed by atoms with Crippen molar-refractivity contribution in [1.82, 2.24) is 8.87 Å². The molecule has 2 aliphatic heterocycles. The first-order chi connectivity index (χ1) is 16.3. The van der Waals surface area contributed by atoms with E-state index < -0.39 is 10.0 Å². The van der Waals surface area contributed by atoms with Gasteiger partial charge in [0, 0.05) is 48.6 Å². The summed E-state index contributed by atoms with van der Waals surface area (Å²) in [5, 5.41) is 2.78. The maximum Gasteiger partial charge on any atom is 0.255 e. The molecule has 9 heteroatoms. The molecule has 2 atom stereocenters. The second-order valence-electron chi connectivity index (χ2n) is 8.73. The van der Waals surface area contributed by atoms with Gasteiger partial charge in [-0.3, -0.25) is 9.59 Å². The Morgan fingerprint density at radius 3 is 2.41 bits per heavy atom. The number of pyridine rings is 1. The zero-order chi connectivity index (χ0) is 23.9. The number of piperidine rings is 1. The Morgan fingerprint density at radius 1 is 0.971 bits per heavy atom. The van der Waals surface area contributed by atoms with E-state index in [1.165, 1.54) is 16.4 Å². The van der Waals surface area contributed by atoms with Crippen LogP contribution in [0.15, 0.2) is 76.4 Å². The summed E-state index contributed by atoms with van der Waals surface area (Å²) in [7, 11) is -2.15. The number of nitrogens with zero attached hydrogens (tertiary/aromatic N) is 2. The Kier molecular flexibility index (Phi) is 5.75. The van der Waals surface area contributed by atoms with Gasteiger partial charge in [-0.2, -0.15) is 4.31 Å². The highest BCUT2D eigenvalue weighted by Crippen LogP contribution is 2.37. The van der Waals surface area contributed by atoms with Crippen molar-refractivity contribution in [3.63, 3.8) is 0 Å². The largest absolute Gasteiger partial charge is 0.497 e. The summed E-state index contributed by atoms with van der Waals surface area (Å²) in [6, 6.07) is 18.1. The monoisotopic (exact) mass is 479 g/mol. The molecule has 0 aliphatic carbocycles. The van der Waals surface area contributed by atoms with E-state index in [2.05, 4.69) is 5.32 Å². The maximum atomic E-state index is 13.4. The topological polar surface area (TPSA) is 97.7 Å². The lowest BCUT2D eigenvalue weighted by atomic mass is 9.84. The Hall–Kier alpha value is -3.43. The van der Waals surface area contributed by atoms with Crippen LogP contribution < -0.4 is 15.6 Å². The molecule has 1 N–H and O–H groups in total. The standard InChI is InChI=1S/C25H25N3O5S/c1-33-21-9-5-18(6-10-21)25(30)26-20-7-11-22(12-8-20)34(31,32)27-14-17-13-19(16-27)23-3-2-4-24(29)28(23)15-17/h2-12,17,19H,13-16H2,1H3,(H,26,30). The van der Waals surface area contributed by atoms with E-state index in [9.17, 15) is 18.0 Å². The number of carbonyl (C=O) groups is 1. The van der Waals surface area contributed by atoms with Gasteiger partial charge in [0.15, 0.2) is 0 Å². The van der Waals surface area contributed by atoms with Gasteiger partial charge in [0.2, 0.25) is 10.0 Å². The zero-order valence-corrected chi connectivity index (χ0v) is 19.5. The molecular formula is C25H25N3O5S. The lowest BCUT2D eigenvalue weighted by molar-refractivity contribution is 0.102. The van der Waals surface area contributed by atoms with Crippen molar-refractivity contribution in [3.05, 3.63) is 88.3 Å². The molecule has 3 heterocycles. The average Bonchev–Trinajstić information content (AvgIpc) is 2.85. The number of ether oxygens (including phenoxy) is 1. The average molecular weight is 480 g/mol. The molecule has 0 saturated carbocycles. The number of hydrogen-bond acceptors (Lipinski definition) is 5. The number of carbonyl (C=O) groups excluding carboxylic acids is 1. The van der Waals surface area contributed by atoms with Crippen molar-refractivity contribution in [2.45, 2.75) is 23.8 Å². The number of nitrogens with one attached hydrogen (secondary N) is 1. The minimum Gasteiger partial charge on any atom is -0.497 e. The van der Waals surface area contributed by atoms with Crippen molar-refractivity contribution in [2.75, 3.05) is 25.5 Å². The van der Waals surface area contributed by atoms with Crippen molar-refractivity contribution in [3.8, 4) is 5.75 Å². The summed E-state index contributed by atoms with van der Waals surface area (Å²) in [5.41, 5.74) is 1.84. The molecule has 176 valence electrons. The van der Waals surface area contributed by atoms with Crippen LogP contribution in [0.5, 0.6) is 5.75 Å². The number of hydrogen-bond donors (Lipinski definition) is 1. The highest BCUT2D eigenvalue weighted by molar-refractivity contribution is 7.89. The Bertz CT molecular complexity index is 1380. The van der Waals surface area contributed by atoms with Crippen LogP contribution >= 0.6 is 0 Å². The summed E-state index contributed by atoms with van der Waals surface area (Å²) in [6.07, 6.45) is 0.881. The SMILES string of the molecule is COc1ccc(C(=O)Nc2ccc(S(=O)(=O)N3CC4CC(C3)c3cccc(=O)n3C4)cc2)cc1. The smallest absolute Gasteiger partial charge is 0.255 e. The fourth-order valence-corrected chi connectivity index (χ4v) is 6.42. The number of methoxy groups -OCH3 is 1. The molecule has 0 radical (unpaired) electrons. The highest BCUT2D eigenvalue weighted by atomic mass is 32.2. The summed E-state index contributed by atoms with van der Waals surface area (Å²) < 4.78 is 35.1. The maximum absolute atomic E-state index is 13.4. The minimum atomic E-state index is -3.70. The molecule has 1 aromatic heterocycles. The minimum absolute atomic E-state index is 0.000710. The van der Waals surface area contributed by atoms with Crippen LogP contribution in [0.3, 0.4) is 0 Å². The molecule has 0 spiro atoms. The van der Waals surface area contributed by atoms with Crippen LogP contribution in [-0.4, -0.2) is 43.4 Å². The van der Waals surface area contributed by atoms with Crippen molar-refractivity contribution >= 4 is 21.6 Å². The molecule has 5 rings (SSSR count). The fraction of sp³-hybridized carbons (Fsp3) is 0.280. The van der Waals surface area contributed by atoms with E-state index in [1.54, 1.807) is 60.2 Å². The van der Waals surface area contributed by atoms with E-state index in [-0.39, 0.29) is 28.2 Å². The second-order valence-corrected chi connectivity index (χ2v) is 10.7. The Morgan fingerprint density at radius 2 is 1.71 bits per heavy atom. The molecule has 1 amide bonds. The lowest BCUT2D eigenvalue weighted by Gasteiger charge is -2.42. The molecule has 2 bridgehead atoms. The number of fused-ring (bicyclic) bond motifs is 4. The predicted octanol–water partition coefficient (Wildman–Crippen LogP) is 2.92. The predicted molar refractivity (Wildman–Crippen MR) is 128 cm³/mol. The summed E-state index contributed by atoms with van der Waals surface area (Å²) in [5.74, 6) is 0.461. The van der Waals surface area contributed by atoms with Crippen LogP contribution in [0, 0.1) is 5.92 Å². The molecule has 2 unspecified atom stereocenters. The highest BCUT2D eigenvalue weighted by Gasteiger charge is 2.39. The Balaban J connectivity index is 1.31. The summed E-state index contributed by atoms with van der Waals surface area (Å²) in [4.78, 5) is 24.9. The normalized spacial score (nSPS) is 19.8. The molecular weight excluding hydrogens is 454 g/mol. The van der Waals surface area contributed by atoms with Gasteiger partial charge >= 0.3 is 0 Å². The number of amides is 1. The van der Waals surface area contributed by atoms with E-state index in [0.717, 1.165) is 12.1 Å². The number of rotatable bonds is 5. The van der Waals surface area contributed by atoms with E-state index >= 15 is 0 Å². The second kappa shape index (κ2) is 8.73. The molecule has 2 aliphatic rings. The van der Waals surface area contributed by atoms with Gasteiger partial charge in [0.1, 0.15) is 5.75 Å². The van der Waals surface area contributed by atoms with Crippen LogP contribution in [0.2, 0.25) is 0 Å². The van der Waals surface area contributed by atoms with E-state index in [0.29, 0.717) is 36.6 Å². The Labute approximate surface area is 197 Å². The number of sulfonamides is 1. The van der Waals surface area contributed by atoms with Gasteiger partial charge < -0.3 is 14.6 Å². The number of aromatic nitrogens is 1.